The molecule has 3 heterocycles. The minimum atomic E-state index is -1.33. The van der Waals surface area contributed by atoms with Crippen LogP contribution in [0.3, 0.4) is 0 Å². The average Bonchev–Trinajstić information content (AvgIpc) is 3.38. The molecule has 7 fully saturated rings. The first kappa shape index (κ1) is 29.4. The molecule has 234 valence electrons. The summed E-state index contributed by atoms with van der Waals surface area (Å²) in [6, 6.07) is 0. The fraction of sp³-hybridized carbons (Fsp3) is 1.00. The molecule has 0 unspecified atom stereocenters. The van der Waals surface area contributed by atoms with Gasteiger partial charge in [0.25, 0.3) is 0 Å². The average molecular weight is 579 g/mol. The maximum absolute atomic E-state index is 10.9. The Morgan fingerprint density at radius 3 is 2.32 bits per heavy atom. The van der Waals surface area contributed by atoms with Crippen molar-refractivity contribution in [3.8, 4) is 0 Å². The molecule has 3 saturated heterocycles. The minimum absolute atomic E-state index is 0.162. The molecule has 4 aliphatic carbocycles. The van der Waals surface area contributed by atoms with Crippen LogP contribution in [0.2, 0.25) is 0 Å². The van der Waals surface area contributed by atoms with Crippen LogP contribution < -0.4 is 0 Å². The molecule has 4 N–H and O–H groups in total. The molecule has 8 nitrogen and oxygen atoms in total. The molecule has 41 heavy (non-hydrogen) atoms. The van der Waals surface area contributed by atoms with Gasteiger partial charge in [-0.1, -0.05) is 27.7 Å². The van der Waals surface area contributed by atoms with E-state index in [-0.39, 0.29) is 23.0 Å². The summed E-state index contributed by atoms with van der Waals surface area (Å²) >= 11 is 0. The lowest BCUT2D eigenvalue weighted by molar-refractivity contribution is -0.328. The summed E-state index contributed by atoms with van der Waals surface area (Å²) in [5.74, 6) is 3.09. The molecule has 7 aliphatic rings. The Labute approximate surface area is 245 Å². The zero-order chi connectivity index (χ0) is 29.1. The van der Waals surface area contributed by atoms with Crippen molar-refractivity contribution in [2.75, 3.05) is 6.61 Å². The minimum Gasteiger partial charge on any atom is -0.393 e. The lowest BCUT2D eigenvalue weighted by Gasteiger charge is -2.63. The predicted octanol–water partition coefficient (Wildman–Crippen LogP) is 3.62. The first-order valence-corrected chi connectivity index (χ1v) is 16.7. The summed E-state index contributed by atoms with van der Waals surface area (Å²) in [4.78, 5) is 0. The zero-order valence-electron chi connectivity index (χ0n) is 25.7. The van der Waals surface area contributed by atoms with Crippen LogP contribution in [0.15, 0.2) is 0 Å². The fourth-order valence-electron chi connectivity index (χ4n) is 11.8. The van der Waals surface area contributed by atoms with Gasteiger partial charge < -0.3 is 39.4 Å². The Morgan fingerprint density at radius 1 is 0.805 bits per heavy atom. The number of aliphatic hydroxyl groups excluding tert-OH is 4. The van der Waals surface area contributed by atoms with Gasteiger partial charge in [-0.2, -0.15) is 0 Å². The van der Waals surface area contributed by atoms with Gasteiger partial charge in [0.1, 0.15) is 18.3 Å². The maximum atomic E-state index is 10.9. The van der Waals surface area contributed by atoms with Crippen LogP contribution in [-0.4, -0.2) is 81.8 Å². The van der Waals surface area contributed by atoms with Crippen molar-refractivity contribution in [1.29, 1.82) is 0 Å². The number of hydrogen-bond donors (Lipinski definition) is 4. The van der Waals surface area contributed by atoms with Gasteiger partial charge in [-0.3, -0.25) is 0 Å². The second-order valence-electron chi connectivity index (χ2n) is 16.0. The highest BCUT2D eigenvalue weighted by Crippen LogP contribution is 2.71. The van der Waals surface area contributed by atoms with Crippen molar-refractivity contribution in [1.82, 2.24) is 0 Å². The Kier molecular flexibility index (Phi) is 7.24. The summed E-state index contributed by atoms with van der Waals surface area (Å²) in [6.45, 7) is 12.1. The Hall–Kier alpha value is -0.320. The van der Waals surface area contributed by atoms with Gasteiger partial charge in [-0.15, -0.1) is 0 Å². The van der Waals surface area contributed by atoms with Gasteiger partial charge in [0.15, 0.2) is 12.1 Å². The van der Waals surface area contributed by atoms with Crippen molar-refractivity contribution >= 4 is 0 Å². The number of fused-ring (bicyclic) bond motifs is 7. The van der Waals surface area contributed by atoms with Crippen molar-refractivity contribution < 1.29 is 39.4 Å². The molecule has 0 aromatic heterocycles. The SMILES string of the molecule is C[C@@H]1CC[C@]2(OC1)O[C@H]1C[C@H]3[C@@H]4CC[C@H]5C[C@H](O)C[C@@H](O[C@@H]6O[C@H](C)[C@H](O)[C@H](O)[C@H]6O)[C@]5(C)[C@H]4CC[C@]3(C)[C@H]1[C@@H]2C. The van der Waals surface area contributed by atoms with E-state index in [1.54, 1.807) is 6.92 Å². The van der Waals surface area contributed by atoms with Crippen molar-refractivity contribution in [3.63, 3.8) is 0 Å². The maximum Gasteiger partial charge on any atom is 0.186 e. The largest absolute Gasteiger partial charge is 0.393 e. The number of aliphatic hydroxyl groups is 4. The molecular formula is C33H54O8. The smallest absolute Gasteiger partial charge is 0.186 e. The molecular weight excluding hydrogens is 524 g/mol. The highest BCUT2D eigenvalue weighted by molar-refractivity contribution is 5.16. The van der Waals surface area contributed by atoms with E-state index in [0.717, 1.165) is 38.7 Å². The molecule has 0 aromatic carbocycles. The summed E-state index contributed by atoms with van der Waals surface area (Å²) in [5, 5.41) is 42.4. The quantitative estimate of drug-likeness (QED) is 0.393. The molecule has 3 aliphatic heterocycles. The molecule has 18 atom stereocenters. The van der Waals surface area contributed by atoms with E-state index in [4.69, 9.17) is 18.9 Å². The zero-order valence-corrected chi connectivity index (χ0v) is 25.7. The molecule has 8 heteroatoms. The van der Waals surface area contributed by atoms with E-state index >= 15 is 0 Å². The Balaban J connectivity index is 1.14. The van der Waals surface area contributed by atoms with Crippen LogP contribution in [0.25, 0.3) is 0 Å². The van der Waals surface area contributed by atoms with E-state index in [1.807, 2.05) is 0 Å². The number of ether oxygens (including phenoxy) is 4. The Bertz CT molecular complexity index is 984. The lowest BCUT2D eigenvalue weighted by Crippen LogP contribution is -2.63. The fourth-order valence-corrected chi connectivity index (χ4v) is 11.8. The molecule has 7 rings (SSSR count). The van der Waals surface area contributed by atoms with Crippen LogP contribution in [0.1, 0.15) is 92.4 Å². The van der Waals surface area contributed by atoms with Crippen LogP contribution in [0.4, 0.5) is 0 Å². The third-order valence-corrected chi connectivity index (χ3v) is 14.1. The van der Waals surface area contributed by atoms with E-state index in [2.05, 4.69) is 27.7 Å². The third-order valence-electron chi connectivity index (χ3n) is 14.1. The van der Waals surface area contributed by atoms with Gasteiger partial charge in [-0.25, -0.2) is 0 Å². The summed E-state index contributed by atoms with van der Waals surface area (Å²) in [5.41, 5.74) is 0.0675. The van der Waals surface area contributed by atoms with Crippen LogP contribution in [0.5, 0.6) is 0 Å². The number of hydrogen-bond acceptors (Lipinski definition) is 8. The highest BCUT2D eigenvalue weighted by atomic mass is 16.7. The molecule has 0 radical (unpaired) electrons. The Morgan fingerprint density at radius 2 is 1.59 bits per heavy atom. The summed E-state index contributed by atoms with van der Waals surface area (Å²) < 4.78 is 25.9. The standard InChI is InChI=1S/C33H54O8/c1-16-8-11-33(38-15-16)17(2)26-24(41-33)14-23-21-7-6-19-12-20(34)13-25(32(19,5)22(21)9-10-31(23,26)4)40-30-29(37)28(36)27(35)18(3)39-30/h16-30,34-37H,6-15H2,1-5H3/t16-,17+,18-,19+,20+,21-,22+,23+,24+,25-,26+,27+,28+,29-,30+,31+,32+,33+/m1/s1. The van der Waals surface area contributed by atoms with Gasteiger partial charge in [0.2, 0.25) is 0 Å². The highest BCUT2D eigenvalue weighted by Gasteiger charge is 2.70. The molecule has 4 saturated carbocycles. The molecule has 0 amide bonds. The monoisotopic (exact) mass is 578 g/mol. The van der Waals surface area contributed by atoms with Gasteiger partial charge in [0.05, 0.1) is 31.0 Å². The van der Waals surface area contributed by atoms with Gasteiger partial charge >= 0.3 is 0 Å². The second-order valence-corrected chi connectivity index (χ2v) is 16.0. The van der Waals surface area contributed by atoms with Crippen LogP contribution >= 0.6 is 0 Å². The van der Waals surface area contributed by atoms with Crippen LogP contribution in [0, 0.1) is 52.3 Å². The number of rotatable bonds is 2. The molecule has 1 spiro atoms. The van der Waals surface area contributed by atoms with Crippen molar-refractivity contribution in [2.24, 2.45) is 52.3 Å². The predicted molar refractivity (Wildman–Crippen MR) is 150 cm³/mol. The third kappa shape index (κ3) is 4.21. The van der Waals surface area contributed by atoms with Crippen LogP contribution in [-0.2, 0) is 18.9 Å². The van der Waals surface area contributed by atoms with E-state index in [9.17, 15) is 20.4 Å². The first-order valence-electron chi connectivity index (χ1n) is 16.7. The molecule has 0 aromatic rings. The second kappa shape index (κ2) is 10.1. The first-order chi connectivity index (χ1) is 19.4. The summed E-state index contributed by atoms with van der Waals surface area (Å²) in [7, 11) is 0. The van der Waals surface area contributed by atoms with E-state index in [0.29, 0.717) is 47.8 Å². The normalized spacial score (nSPS) is 62.1. The van der Waals surface area contributed by atoms with E-state index in [1.165, 1.54) is 19.3 Å². The van der Waals surface area contributed by atoms with Crippen molar-refractivity contribution in [3.05, 3.63) is 0 Å². The lowest BCUT2D eigenvalue weighted by atomic mass is 9.43. The molecule has 0 bridgehead atoms. The topological polar surface area (TPSA) is 118 Å². The summed E-state index contributed by atoms with van der Waals surface area (Å²) in [6.07, 6.45) is 3.16. The van der Waals surface area contributed by atoms with E-state index < -0.39 is 42.6 Å². The van der Waals surface area contributed by atoms with Gasteiger partial charge in [-0.05, 0) is 98.2 Å². The van der Waals surface area contributed by atoms with Crippen molar-refractivity contribution in [2.45, 2.75) is 147 Å². The van der Waals surface area contributed by atoms with Gasteiger partial charge in [0, 0.05) is 18.8 Å².